The molecular formula is C19H29P. The smallest absolute Gasteiger partial charge is 0.0166 e. The van der Waals surface area contributed by atoms with Crippen molar-refractivity contribution in [2.75, 3.05) is 0 Å². The summed E-state index contributed by atoms with van der Waals surface area (Å²) in [5.41, 5.74) is 3.48. The zero-order valence-electron chi connectivity index (χ0n) is 13.0. The van der Waals surface area contributed by atoms with Crippen LogP contribution in [0.5, 0.6) is 0 Å². The second-order valence-electron chi connectivity index (χ2n) is 6.83. The van der Waals surface area contributed by atoms with Gasteiger partial charge in [0.15, 0.2) is 0 Å². The van der Waals surface area contributed by atoms with Crippen molar-refractivity contribution in [1.82, 2.24) is 0 Å². The van der Waals surface area contributed by atoms with Crippen LogP contribution in [0.15, 0.2) is 24.3 Å². The van der Waals surface area contributed by atoms with E-state index in [0.717, 1.165) is 11.3 Å². The van der Waals surface area contributed by atoms with Crippen molar-refractivity contribution in [1.29, 1.82) is 0 Å². The summed E-state index contributed by atoms with van der Waals surface area (Å²) in [6.45, 7) is 2.22. The highest BCUT2D eigenvalue weighted by molar-refractivity contribution is 7.67. The van der Waals surface area contributed by atoms with Gasteiger partial charge in [-0.3, -0.25) is 0 Å². The Labute approximate surface area is 126 Å². The summed E-state index contributed by atoms with van der Waals surface area (Å²) in [5, 5.41) is 1.71. The average molecular weight is 288 g/mol. The van der Waals surface area contributed by atoms with Gasteiger partial charge in [-0.15, -0.1) is 0 Å². The lowest BCUT2D eigenvalue weighted by molar-refractivity contribution is 0.487. The largest absolute Gasteiger partial charge is 0.0690 e. The third-order valence-electron chi connectivity index (χ3n) is 5.27. The maximum absolute atomic E-state index is 2.46. The summed E-state index contributed by atoms with van der Waals surface area (Å²) in [5.74, 6) is 0. The number of rotatable bonds is 3. The van der Waals surface area contributed by atoms with Gasteiger partial charge in [-0.2, -0.15) is 0 Å². The first-order valence-corrected chi connectivity index (χ1v) is 10.2. The van der Waals surface area contributed by atoms with E-state index in [9.17, 15) is 0 Å². The molecule has 0 heterocycles. The normalized spacial score (nSPS) is 22.3. The predicted octanol–water partition coefficient (Wildman–Crippen LogP) is 5.77. The first kappa shape index (κ1) is 14.6. The molecule has 2 aliphatic rings. The van der Waals surface area contributed by atoms with E-state index in [4.69, 9.17) is 0 Å². The van der Waals surface area contributed by atoms with Crippen LogP contribution in [0, 0.1) is 6.92 Å². The Morgan fingerprint density at radius 3 is 1.60 bits per heavy atom. The molecule has 0 N–H and O–H groups in total. The molecular weight excluding hydrogens is 259 g/mol. The molecule has 0 aliphatic heterocycles. The average Bonchev–Trinajstić information content (AvgIpc) is 2.52. The molecule has 0 aromatic heterocycles. The second-order valence-corrected chi connectivity index (χ2v) is 9.62. The van der Waals surface area contributed by atoms with Crippen molar-refractivity contribution < 1.29 is 0 Å². The molecule has 1 aromatic rings. The third kappa shape index (κ3) is 3.45. The van der Waals surface area contributed by atoms with Crippen LogP contribution in [0.1, 0.15) is 69.8 Å². The molecule has 0 radical (unpaired) electrons. The van der Waals surface area contributed by atoms with E-state index in [1.165, 1.54) is 69.8 Å². The number of hydrogen-bond donors (Lipinski definition) is 0. The molecule has 0 unspecified atom stereocenters. The van der Waals surface area contributed by atoms with Crippen LogP contribution < -0.4 is 5.30 Å². The molecule has 0 spiro atoms. The van der Waals surface area contributed by atoms with Gasteiger partial charge in [0.1, 0.15) is 0 Å². The monoisotopic (exact) mass is 288 g/mol. The van der Waals surface area contributed by atoms with Crippen LogP contribution >= 0.6 is 7.92 Å². The Bertz CT molecular complexity index is 378. The molecule has 3 rings (SSSR count). The van der Waals surface area contributed by atoms with Gasteiger partial charge < -0.3 is 0 Å². The van der Waals surface area contributed by atoms with Crippen LogP contribution in [0.2, 0.25) is 0 Å². The second kappa shape index (κ2) is 7.08. The number of aryl methyl sites for hydroxylation is 1. The van der Waals surface area contributed by atoms with E-state index in [2.05, 4.69) is 31.2 Å². The summed E-state index contributed by atoms with van der Waals surface area (Å²) in [6.07, 6.45) is 15.0. The lowest BCUT2D eigenvalue weighted by Gasteiger charge is -2.38. The standard InChI is InChI=1S/C19H29P/c1-16-12-14-19(15-13-16)20(17-8-4-2-5-9-17)18-10-6-3-7-11-18/h12-15,17-18H,2-11H2,1H3. The van der Waals surface area contributed by atoms with Crippen LogP contribution in [-0.2, 0) is 0 Å². The van der Waals surface area contributed by atoms with Gasteiger partial charge in [0.05, 0.1) is 0 Å². The molecule has 2 fully saturated rings. The lowest BCUT2D eigenvalue weighted by atomic mass is 9.99. The molecule has 0 bridgehead atoms. The maximum atomic E-state index is 2.46. The number of hydrogen-bond acceptors (Lipinski definition) is 0. The van der Waals surface area contributed by atoms with E-state index in [1.54, 1.807) is 5.30 Å². The first-order valence-electron chi connectivity index (χ1n) is 8.69. The minimum absolute atomic E-state index is 0.0955. The lowest BCUT2D eigenvalue weighted by Crippen LogP contribution is -2.26. The van der Waals surface area contributed by atoms with Crippen molar-refractivity contribution in [3.63, 3.8) is 0 Å². The van der Waals surface area contributed by atoms with E-state index in [-0.39, 0.29) is 7.92 Å². The predicted molar refractivity (Wildman–Crippen MR) is 91.5 cm³/mol. The molecule has 2 saturated carbocycles. The molecule has 2 aliphatic carbocycles. The summed E-state index contributed by atoms with van der Waals surface area (Å²) in [4.78, 5) is 0. The van der Waals surface area contributed by atoms with Gasteiger partial charge in [-0.25, -0.2) is 0 Å². The third-order valence-corrected chi connectivity index (χ3v) is 8.77. The van der Waals surface area contributed by atoms with Crippen molar-refractivity contribution in [3.05, 3.63) is 29.8 Å². The van der Waals surface area contributed by atoms with E-state index in [0.29, 0.717) is 0 Å². The highest BCUT2D eigenvalue weighted by Gasteiger charge is 2.31. The minimum Gasteiger partial charge on any atom is -0.0690 e. The van der Waals surface area contributed by atoms with Crippen molar-refractivity contribution in [3.8, 4) is 0 Å². The molecule has 110 valence electrons. The fourth-order valence-corrected chi connectivity index (χ4v) is 7.93. The molecule has 0 saturated heterocycles. The Morgan fingerprint density at radius 2 is 1.15 bits per heavy atom. The highest BCUT2D eigenvalue weighted by atomic mass is 31.1. The van der Waals surface area contributed by atoms with Crippen LogP contribution in [0.25, 0.3) is 0 Å². The fraction of sp³-hybridized carbons (Fsp3) is 0.684. The van der Waals surface area contributed by atoms with Crippen LogP contribution in [0.3, 0.4) is 0 Å². The minimum atomic E-state index is 0.0955. The topological polar surface area (TPSA) is 0 Å². The summed E-state index contributed by atoms with van der Waals surface area (Å²) >= 11 is 0. The maximum Gasteiger partial charge on any atom is -0.0166 e. The molecule has 0 atom stereocenters. The summed E-state index contributed by atoms with van der Waals surface area (Å²) in [6, 6.07) is 9.61. The van der Waals surface area contributed by atoms with E-state index in [1.807, 2.05) is 0 Å². The van der Waals surface area contributed by atoms with Crippen molar-refractivity contribution in [2.24, 2.45) is 0 Å². The molecule has 0 nitrogen and oxygen atoms in total. The molecule has 20 heavy (non-hydrogen) atoms. The zero-order chi connectivity index (χ0) is 13.8. The Morgan fingerprint density at radius 1 is 0.700 bits per heavy atom. The summed E-state index contributed by atoms with van der Waals surface area (Å²) < 4.78 is 0. The quantitative estimate of drug-likeness (QED) is 0.620. The highest BCUT2D eigenvalue weighted by Crippen LogP contribution is 2.54. The SMILES string of the molecule is Cc1ccc(P(C2CCCCC2)C2CCCCC2)cc1. The fourth-order valence-electron chi connectivity index (χ4n) is 4.16. The Kier molecular flexibility index (Phi) is 5.16. The van der Waals surface area contributed by atoms with Gasteiger partial charge in [0.25, 0.3) is 0 Å². The Hall–Kier alpha value is -0.350. The number of benzene rings is 1. The van der Waals surface area contributed by atoms with Gasteiger partial charge in [0.2, 0.25) is 0 Å². The van der Waals surface area contributed by atoms with Crippen LogP contribution in [0.4, 0.5) is 0 Å². The van der Waals surface area contributed by atoms with Crippen molar-refractivity contribution >= 4 is 13.2 Å². The van der Waals surface area contributed by atoms with Gasteiger partial charge in [-0.1, -0.05) is 76.3 Å². The van der Waals surface area contributed by atoms with E-state index >= 15 is 0 Å². The molecule has 1 heteroatoms. The molecule has 0 amide bonds. The van der Waals surface area contributed by atoms with Gasteiger partial charge in [0, 0.05) is 0 Å². The van der Waals surface area contributed by atoms with Gasteiger partial charge in [-0.05, 0) is 49.2 Å². The zero-order valence-corrected chi connectivity index (χ0v) is 13.9. The summed E-state index contributed by atoms with van der Waals surface area (Å²) in [7, 11) is 0.0955. The van der Waals surface area contributed by atoms with Crippen LogP contribution in [-0.4, -0.2) is 11.3 Å². The first-order chi connectivity index (χ1) is 9.84. The molecule has 1 aromatic carbocycles. The van der Waals surface area contributed by atoms with Crippen molar-refractivity contribution in [2.45, 2.75) is 82.4 Å². The van der Waals surface area contributed by atoms with Gasteiger partial charge >= 0.3 is 0 Å². The van der Waals surface area contributed by atoms with E-state index < -0.39 is 0 Å². The Balaban J connectivity index is 1.83.